The van der Waals surface area contributed by atoms with Crippen LogP contribution in [0.2, 0.25) is 0 Å². The molecule has 2 aromatic heterocycles. The number of para-hydroxylation sites is 1. The summed E-state index contributed by atoms with van der Waals surface area (Å²) in [5, 5.41) is 10.6. The van der Waals surface area contributed by atoms with Crippen LogP contribution in [-0.2, 0) is 11.3 Å². The summed E-state index contributed by atoms with van der Waals surface area (Å²) in [5.41, 5.74) is 5.75. The molecule has 1 unspecified atom stereocenters. The van der Waals surface area contributed by atoms with Crippen molar-refractivity contribution < 1.29 is 14.3 Å². The van der Waals surface area contributed by atoms with E-state index in [9.17, 15) is 9.59 Å². The van der Waals surface area contributed by atoms with Gasteiger partial charge in [-0.25, -0.2) is 4.98 Å². The Bertz CT molecular complexity index is 1800. The lowest BCUT2D eigenvalue weighted by Crippen LogP contribution is -2.55. The van der Waals surface area contributed by atoms with Crippen molar-refractivity contribution in [1.29, 1.82) is 0 Å². The number of nitrogens with zero attached hydrogens (tertiary/aromatic N) is 6. The first kappa shape index (κ1) is 29.6. The Balaban J connectivity index is 1.05. The van der Waals surface area contributed by atoms with Gasteiger partial charge in [-0.15, -0.1) is 10.2 Å². The van der Waals surface area contributed by atoms with Crippen molar-refractivity contribution in [3.05, 3.63) is 89.5 Å². The topological polar surface area (TPSA) is 93.5 Å². The molecule has 0 radical (unpaired) electrons. The van der Waals surface area contributed by atoms with Crippen LogP contribution in [0.3, 0.4) is 0 Å². The number of rotatable bonds is 9. The lowest BCUT2D eigenvalue weighted by Gasteiger charge is -2.40. The number of ether oxygens (including phenoxy) is 1. The van der Waals surface area contributed by atoms with Crippen LogP contribution >= 0.6 is 11.8 Å². The van der Waals surface area contributed by atoms with Gasteiger partial charge in [0, 0.05) is 55.3 Å². The third-order valence-corrected chi connectivity index (χ3v) is 9.05. The minimum atomic E-state index is -0.0607. The third-order valence-electron chi connectivity index (χ3n) is 8.12. The molecule has 1 fully saturated rings. The van der Waals surface area contributed by atoms with Gasteiger partial charge in [-0.3, -0.25) is 9.59 Å². The molecular formula is C34H36N6O3S. The highest BCUT2D eigenvalue weighted by molar-refractivity contribution is 7.99. The summed E-state index contributed by atoms with van der Waals surface area (Å²) in [4.78, 5) is 34.7. The highest BCUT2D eigenvalue weighted by atomic mass is 32.2. The largest absolute Gasteiger partial charge is 0.497 e. The van der Waals surface area contributed by atoms with Crippen LogP contribution in [-0.4, -0.2) is 79.9 Å². The second-order valence-corrected chi connectivity index (χ2v) is 12.3. The Hall–Kier alpha value is -4.44. The second kappa shape index (κ2) is 13.1. The number of hydrogen-bond donors (Lipinski definition) is 0. The van der Waals surface area contributed by atoms with Crippen molar-refractivity contribution in [1.82, 2.24) is 29.5 Å². The molecule has 1 saturated heterocycles. The number of fused-ring (bicyclic) bond motifs is 3. The molecule has 44 heavy (non-hydrogen) atoms. The maximum absolute atomic E-state index is 13.1. The zero-order valence-electron chi connectivity index (χ0n) is 25.3. The van der Waals surface area contributed by atoms with Crippen molar-refractivity contribution in [2.75, 3.05) is 32.5 Å². The Morgan fingerprint density at radius 2 is 1.82 bits per heavy atom. The Kier molecular flexibility index (Phi) is 8.79. The Morgan fingerprint density at radius 3 is 2.59 bits per heavy atom. The predicted octanol–water partition coefficient (Wildman–Crippen LogP) is 5.59. The molecule has 10 heteroatoms. The number of hydrogen-bond acceptors (Lipinski definition) is 7. The molecule has 0 spiro atoms. The monoisotopic (exact) mass is 608 g/mol. The van der Waals surface area contributed by atoms with Gasteiger partial charge >= 0.3 is 0 Å². The lowest BCUT2D eigenvalue weighted by atomic mass is 10.1. The van der Waals surface area contributed by atoms with Crippen LogP contribution in [0.5, 0.6) is 5.75 Å². The Labute approximate surface area is 261 Å². The van der Waals surface area contributed by atoms with E-state index in [2.05, 4.69) is 58.1 Å². The highest BCUT2D eigenvalue weighted by Gasteiger charge is 2.30. The van der Waals surface area contributed by atoms with Crippen LogP contribution < -0.4 is 4.74 Å². The number of carbonyl (C=O) groups excluding carboxylic acids is 2. The minimum absolute atomic E-state index is 0.0212. The van der Waals surface area contributed by atoms with Crippen molar-refractivity contribution in [2.24, 2.45) is 0 Å². The molecule has 3 heterocycles. The van der Waals surface area contributed by atoms with Crippen molar-refractivity contribution in [3.63, 3.8) is 0 Å². The minimum Gasteiger partial charge on any atom is -0.497 e. The average molecular weight is 609 g/mol. The molecule has 0 aliphatic carbocycles. The maximum atomic E-state index is 13.1. The van der Waals surface area contributed by atoms with Crippen molar-refractivity contribution in [3.8, 4) is 5.75 Å². The first-order valence-electron chi connectivity index (χ1n) is 14.9. The Morgan fingerprint density at radius 1 is 1.00 bits per heavy atom. The van der Waals surface area contributed by atoms with E-state index in [-0.39, 0.29) is 17.9 Å². The number of thioether (sulfide) groups is 1. The first-order valence-corrected chi connectivity index (χ1v) is 15.9. The fourth-order valence-corrected chi connectivity index (χ4v) is 6.55. The van der Waals surface area contributed by atoms with Gasteiger partial charge in [-0.2, -0.15) is 0 Å². The summed E-state index contributed by atoms with van der Waals surface area (Å²) in [7, 11) is 1.60. The molecule has 6 rings (SSSR count). The number of methoxy groups -OCH3 is 1. The molecule has 5 aromatic rings. The number of piperazine rings is 1. The smallest absolute Gasteiger partial charge is 0.254 e. The van der Waals surface area contributed by atoms with Crippen molar-refractivity contribution in [2.45, 2.75) is 44.4 Å². The second-order valence-electron chi connectivity index (χ2n) is 11.2. The summed E-state index contributed by atoms with van der Waals surface area (Å²) in [6, 6.07) is 23.8. The van der Waals surface area contributed by atoms with Gasteiger partial charge in [0.2, 0.25) is 11.1 Å². The van der Waals surface area contributed by atoms with Gasteiger partial charge in [0.1, 0.15) is 11.3 Å². The molecular weight excluding hydrogens is 572 g/mol. The molecule has 2 amide bonds. The lowest BCUT2D eigenvalue weighted by molar-refractivity contribution is -0.133. The number of aryl methyl sites for hydroxylation is 1. The van der Waals surface area contributed by atoms with Gasteiger partial charge < -0.3 is 19.1 Å². The summed E-state index contributed by atoms with van der Waals surface area (Å²) in [6.45, 7) is 6.37. The van der Waals surface area contributed by atoms with Gasteiger partial charge in [-0.1, -0.05) is 59.8 Å². The van der Waals surface area contributed by atoms with E-state index >= 15 is 0 Å². The van der Waals surface area contributed by atoms with Gasteiger partial charge in [0.05, 0.1) is 12.6 Å². The summed E-state index contributed by atoms with van der Waals surface area (Å²) in [5.74, 6) is 1.52. The molecule has 0 N–H and O–H groups in total. The predicted molar refractivity (Wildman–Crippen MR) is 173 cm³/mol. The van der Waals surface area contributed by atoms with Gasteiger partial charge in [0.15, 0.2) is 5.65 Å². The van der Waals surface area contributed by atoms with E-state index in [1.165, 1.54) is 22.9 Å². The molecule has 0 bridgehead atoms. The maximum Gasteiger partial charge on any atom is 0.254 e. The van der Waals surface area contributed by atoms with Crippen LogP contribution in [0.1, 0.15) is 41.3 Å². The van der Waals surface area contributed by atoms with Gasteiger partial charge in [0.25, 0.3) is 5.91 Å². The number of aromatic nitrogens is 4. The number of benzene rings is 3. The molecule has 1 aliphatic rings. The summed E-state index contributed by atoms with van der Waals surface area (Å²) >= 11 is 1.53. The zero-order valence-corrected chi connectivity index (χ0v) is 26.1. The molecule has 9 nitrogen and oxygen atoms in total. The summed E-state index contributed by atoms with van der Waals surface area (Å²) in [6.07, 6.45) is 1.14. The number of carbonyl (C=O) groups is 2. The van der Waals surface area contributed by atoms with E-state index < -0.39 is 0 Å². The third kappa shape index (κ3) is 6.26. The van der Waals surface area contributed by atoms with Crippen LogP contribution in [0.15, 0.2) is 78.0 Å². The van der Waals surface area contributed by atoms with E-state index in [1.807, 2.05) is 28.9 Å². The zero-order chi connectivity index (χ0) is 30.6. The van der Waals surface area contributed by atoms with E-state index in [0.29, 0.717) is 61.2 Å². The first-order chi connectivity index (χ1) is 21.4. The fraction of sp³-hybridized carbons (Fsp3) is 0.324. The van der Waals surface area contributed by atoms with E-state index in [1.54, 1.807) is 31.4 Å². The molecule has 226 valence electrons. The van der Waals surface area contributed by atoms with Crippen molar-refractivity contribution >= 4 is 45.6 Å². The highest BCUT2D eigenvalue weighted by Crippen LogP contribution is 2.28. The molecule has 1 atom stereocenters. The van der Waals surface area contributed by atoms with Crippen LogP contribution in [0.25, 0.3) is 22.1 Å². The molecule has 1 aliphatic heterocycles. The van der Waals surface area contributed by atoms with Gasteiger partial charge in [-0.05, 0) is 56.2 Å². The van der Waals surface area contributed by atoms with Crippen LogP contribution in [0.4, 0.5) is 0 Å². The van der Waals surface area contributed by atoms with E-state index in [0.717, 1.165) is 22.1 Å². The molecule has 0 saturated carbocycles. The normalized spacial score (nSPS) is 15.2. The van der Waals surface area contributed by atoms with E-state index in [4.69, 9.17) is 9.72 Å². The number of amides is 2. The quantitative estimate of drug-likeness (QED) is 0.159. The standard InChI is InChI=1S/C34H36N6O3S/c1-23-8-6-9-25(20-23)22-40-29-11-5-4-10-28(29)31-32(40)35-34(37-36-31)44-19-7-12-30(41)38-17-18-39(24(2)21-38)33(42)26-13-15-27(43-3)16-14-26/h4-6,8-11,13-16,20,24H,7,12,17-19,21-22H2,1-3H3. The fourth-order valence-electron chi connectivity index (χ4n) is 5.83. The SMILES string of the molecule is COc1ccc(C(=O)N2CCN(C(=O)CCCSc3nnc4c5ccccc5n(Cc5cccc(C)c5)c4n3)CC2C)cc1. The molecule has 3 aromatic carbocycles. The average Bonchev–Trinajstić information content (AvgIpc) is 3.35. The summed E-state index contributed by atoms with van der Waals surface area (Å²) < 4.78 is 7.41. The van der Waals surface area contributed by atoms with Crippen LogP contribution in [0, 0.1) is 6.92 Å².